The van der Waals surface area contributed by atoms with E-state index in [4.69, 9.17) is 4.74 Å². The van der Waals surface area contributed by atoms with Gasteiger partial charge in [-0.2, -0.15) is 0 Å². The van der Waals surface area contributed by atoms with Crippen molar-refractivity contribution in [2.45, 2.75) is 44.9 Å². The van der Waals surface area contributed by atoms with Crippen LogP contribution in [0, 0.1) is 13.8 Å². The normalized spacial score (nSPS) is 11.7. The van der Waals surface area contributed by atoms with Crippen molar-refractivity contribution in [1.29, 1.82) is 0 Å². The predicted molar refractivity (Wildman–Crippen MR) is 107 cm³/mol. The molecule has 1 heterocycles. The number of carbonyl (C=O) groups is 2. The van der Waals surface area contributed by atoms with Crippen LogP contribution in [0.4, 0.5) is 5.69 Å². The lowest BCUT2D eigenvalue weighted by molar-refractivity contribution is -0.153. The van der Waals surface area contributed by atoms with Crippen LogP contribution in [0.5, 0.6) is 0 Å². The smallest absolute Gasteiger partial charge is 0.306 e. The molecule has 0 spiro atoms. The highest BCUT2D eigenvalue weighted by molar-refractivity contribution is 7.98. The number of nitrogens with zero attached hydrogens (tertiary/aromatic N) is 3. The van der Waals surface area contributed by atoms with Gasteiger partial charge in [0, 0.05) is 30.5 Å². The van der Waals surface area contributed by atoms with E-state index in [0.29, 0.717) is 6.42 Å². The van der Waals surface area contributed by atoms with Crippen molar-refractivity contribution < 1.29 is 14.3 Å². The number of ether oxygens (including phenoxy) is 1. The summed E-state index contributed by atoms with van der Waals surface area (Å²) < 4.78 is 5.33. The van der Waals surface area contributed by atoms with Gasteiger partial charge in [-0.25, -0.2) is 9.97 Å². The lowest BCUT2D eigenvalue weighted by atomic mass is 10.1. The van der Waals surface area contributed by atoms with Gasteiger partial charge in [-0.1, -0.05) is 30.0 Å². The summed E-state index contributed by atoms with van der Waals surface area (Å²) in [5.74, 6) is -0.681. The summed E-state index contributed by atoms with van der Waals surface area (Å²) in [4.78, 5) is 35.0. The van der Waals surface area contributed by atoms with Crippen LogP contribution in [0.2, 0.25) is 0 Å². The van der Waals surface area contributed by atoms with E-state index < -0.39 is 12.1 Å². The van der Waals surface area contributed by atoms with Crippen molar-refractivity contribution in [3.63, 3.8) is 0 Å². The zero-order valence-electron chi connectivity index (χ0n) is 16.4. The number of hydrogen-bond donors (Lipinski definition) is 0. The van der Waals surface area contributed by atoms with Crippen LogP contribution < -0.4 is 4.90 Å². The van der Waals surface area contributed by atoms with E-state index >= 15 is 0 Å². The molecule has 0 radical (unpaired) electrons. The Hall–Kier alpha value is -2.41. The van der Waals surface area contributed by atoms with Crippen LogP contribution in [-0.4, -0.2) is 41.3 Å². The first kappa shape index (κ1) is 20.9. The molecular weight excluding hydrogens is 362 g/mol. The van der Waals surface area contributed by atoms with E-state index in [0.717, 1.165) is 27.8 Å². The van der Waals surface area contributed by atoms with E-state index in [2.05, 4.69) is 9.97 Å². The second kappa shape index (κ2) is 9.50. The van der Waals surface area contributed by atoms with Crippen molar-refractivity contribution in [3.05, 3.63) is 47.3 Å². The van der Waals surface area contributed by atoms with Crippen molar-refractivity contribution in [3.8, 4) is 0 Å². The van der Waals surface area contributed by atoms with Crippen LogP contribution in [0.15, 0.2) is 35.5 Å². The number of aryl methyl sites for hydroxylation is 2. The zero-order chi connectivity index (χ0) is 20.0. The number of carbonyl (C=O) groups excluding carboxylic acids is 2. The molecule has 0 saturated heterocycles. The fourth-order valence-corrected chi connectivity index (χ4v) is 3.20. The largest absolute Gasteiger partial charge is 0.453 e. The number of likely N-dealkylation sites (N-methyl/N-ethyl adjacent to an activating group) is 1. The molecule has 0 saturated carbocycles. The quantitative estimate of drug-likeness (QED) is 0.412. The van der Waals surface area contributed by atoms with Gasteiger partial charge in [0.05, 0.1) is 0 Å². The second-order valence-electron chi connectivity index (χ2n) is 6.22. The van der Waals surface area contributed by atoms with Gasteiger partial charge < -0.3 is 9.64 Å². The average Bonchev–Trinajstić information content (AvgIpc) is 2.66. The molecule has 2 rings (SSSR count). The molecule has 1 aromatic heterocycles. The summed E-state index contributed by atoms with van der Waals surface area (Å²) in [7, 11) is 1.67. The predicted octanol–water partition coefficient (Wildman–Crippen LogP) is 3.34. The van der Waals surface area contributed by atoms with E-state index in [1.54, 1.807) is 14.0 Å². The van der Waals surface area contributed by atoms with Crippen molar-refractivity contribution in [2.75, 3.05) is 18.2 Å². The van der Waals surface area contributed by atoms with Crippen LogP contribution in [0.3, 0.4) is 0 Å². The molecule has 1 atom stereocenters. The standard InChI is InChI=1S/C20H25N3O3S/c1-13-17(14(2)22-20(21-13)27-5)11-12-18(24)26-15(3)19(25)23(4)16-9-7-6-8-10-16/h6-10,15H,11-12H2,1-5H3/t15-/m1/s1. The molecule has 0 N–H and O–H groups in total. The van der Waals surface area contributed by atoms with Gasteiger partial charge in [-0.05, 0) is 51.1 Å². The van der Waals surface area contributed by atoms with Crippen molar-refractivity contribution >= 4 is 29.3 Å². The van der Waals surface area contributed by atoms with E-state index in [1.165, 1.54) is 16.7 Å². The number of amides is 1. The molecule has 2 aromatic rings. The molecule has 0 fully saturated rings. The molecule has 0 aliphatic carbocycles. The third-order valence-electron chi connectivity index (χ3n) is 4.29. The Morgan fingerprint density at radius 2 is 1.74 bits per heavy atom. The molecule has 0 aliphatic rings. The number of rotatable bonds is 7. The van der Waals surface area contributed by atoms with Gasteiger partial charge in [-0.15, -0.1) is 0 Å². The minimum atomic E-state index is -0.847. The van der Waals surface area contributed by atoms with Gasteiger partial charge in [0.2, 0.25) is 0 Å². The van der Waals surface area contributed by atoms with Gasteiger partial charge >= 0.3 is 5.97 Å². The minimum Gasteiger partial charge on any atom is -0.453 e. The first-order valence-electron chi connectivity index (χ1n) is 8.73. The molecule has 1 amide bonds. The molecule has 1 aromatic carbocycles. The molecule has 144 valence electrons. The first-order valence-corrected chi connectivity index (χ1v) is 9.96. The van der Waals surface area contributed by atoms with Crippen LogP contribution in [0.1, 0.15) is 30.3 Å². The lowest BCUT2D eigenvalue weighted by Gasteiger charge is -2.21. The van der Waals surface area contributed by atoms with Crippen molar-refractivity contribution in [2.24, 2.45) is 0 Å². The molecule has 27 heavy (non-hydrogen) atoms. The number of esters is 1. The monoisotopic (exact) mass is 387 g/mol. The van der Waals surface area contributed by atoms with Gasteiger partial charge in [0.1, 0.15) is 0 Å². The minimum absolute atomic E-state index is 0.177. The molecular formula is C20H25N3O3S. The maximum Gasteiger partial charge on any atom is 0.306 e. The first-order chi connectivity index (χ1) is 12.8. The number of benzene rings is 1. The fraction of sp³-hybridized carbons (Fsp3) is 0.400. The van der Waals surface area contributed by atoms with E-state index in [9.17, 15) is 9.59 Å². The summed E-state index contributed by atoms with van der Waals surface area (Å²) in [6, 6.07) is 9.24. The third-order valence-corrected chi connectivity index (χ3v) is 4.84. The molecule has 0 bridgehead atoms. The average molecular weight is 388 g/mol. The maximum absolute atomic E-state index is 12.5. The SMILES string of the molecule is CSc1nc(C)c(CCC(=O)O[C@H](C)C(=O)N(C)c2ccccc2)c(C)n1. The third kappa shape index (κ3) is 5.53. The lowest BCUT2D eigenvalue weighted by Crippen LogP contribution is -2.37. The summed E-state index contributed by atoms with van der Waals surface area (Å²) in [5, 5.41) is 0.722. The highest BCUT2D eigenvalue weighted by Gasteiger charge is 2.22. The Bertz CT molecular complexity index is 788. The summed E-state index contributed by atoms with van der Waals surface area (Å²) >= 11 is 1.49. The van der Waals surface area contributed by atoms with Crippen LogP contribution >= 0.6 is 11.8 Å². The number of hydrogen-bond acceptors (Lipinski definition) is 6. The van der Waals surface area contributed by atoms with Gasteiger partial charge in [0.25, 0.3) is 5.91 Å². The number of para-hydroxylation sites is 1. The van der Waals surface area contributed by atoms with E-state index in [1.807, 2.05) is 50.4 Å². The summed E-state index contributed by atoms with van der Waals surface area (Å²) in [6.07, 6.45) is 1.74. The molecule has 6 nitrogen and oxygen atoms in total. The zero-order valence-corrected chi connectivity index (χ0v) is 17.2. The molecule has 7 heteroatoms. The van der Waals surface area contributed by atoms with Gasteiger partial charge in [-0.3, -0.25) is 9.59 Å². The number of anilines is 1. The second-order valence-corrected chi connectivity index (χ2v) is 7.00. The Kier molecular flexibility index (Phi) is 7.36. The number of aromatic nitrogens is 2. The molecule has 0 aliphatic heterocycles. The Balaban J connectivity index is 1.93. The maximum atomic E-state index is 12.5. The van der Waals surface area contributed by atoms with Gasteiger partial charge in [0.15, 0.2) is 11.3 Å². The fourth-order valence-electron chi connectivity index (χ4n) is 2.75. The van der Waals surface area contributed by atoms with E-state index in [-0.39, 0.29) is 12.3 Å². The summed E-state index contributed by atoms with van der Waals surface area (Å²) in [6.45, 7) is 5.42. The highest BCUT2D eigenvalue weighted by Crippen LogP contribution is 2.18. The number of thioether (sulfide) groups is 1. The Labute approximate surface area is 164 Å². The summed E-state index contributed by atoms with van der Waals surface area (Å²) in [5.41, 5.74) is 3.44. The van der Waals surface area contributed by atoms with Crippen LogP contribution in [-0.2, 0) is 20.7 Å². The van der Waals surface area contributed by atoms with Crippen molar-refractivity contribution in [1.82, 2.24) is 9.97 Å². The highest BCUT2D eigenvalue weighted by atomic mass is 32.2. The Morgan fingerprint density at radius 1 is 1.15 bits per heavy atom. The Morgan fingerprint density at radius 3 is 2.30 bits per heavy atom. The topological polar surface area (TPSA) is 72.4 Å². The molecule has 0 unspecified atom stereocenters. The van der Waals surface area contributed by atoms with Crippen LogP contribution in [0.25, 0.3) is 0 Å².